The number of aryl methyl sites for hydroxylation is 1. The zero-order valence-corrected chi connectivity index (χ0v) is 11.2. The van der Waals surface area contributed by atoms with Crippen LogP contribution < -0.4 is 10.5 Å². The summed E-state index contributed by atoms with van der Waals surface area (Å²) in [5, 5.41) is 8.26. The number of rotatable bonds is 4. The molecule has 19 heavy (non-hydrogen) atoms. The minimum Gasteiger partial charge on any atom is -0.381 e. The van der Waals surface area contributed by atoms with E-state index in [2.05, 4.69) is 15.3 Å². The molecule has 7 heteroatoms. The topological polar surface area (TPSA) is 98.0 Å². The lowest BCUT2D eigenvalue weighted by atomic mass is 10.2. The van der Waals surface area contributed by atoms with Crippen LogP contribution in [0.25, 0.3) is 0 Å². The Bertz CT molecular complexity index is 671. The van der Waals surface area contributed by atoms with Crippen LogP contribution in [0.3, 0.4) is 0 Å². The SMILES string of the molecule is Cc1ccc(NCc2cncnc2)cc1S(N)(=O)=O. The quantitative estimate of drug-likeness (QED) is 0.871. The van der Waals surface area contributed by atoms with Crippen molar-refractivity contribution in [2.24, 2.45) is 5.14 Å². The third-order valence-electron chi connectivity index (χ3n) is 2.61. The van der Waals surface area contributed by atoms with Gasteiger partial charge in [0.25, 0.3) is 0 Å². The van der Waals surface area contributed by atoms with Crippen LogP contribution in [-0.4, -0.2) is 18.4 Å². The molecule has 0 radical (unpaired) electrons. The highest BCUT2D eigenvalue weighted by Gasteiger charge is 2.11. The molecule has 2 aromatic rings. The number of nitrogens with zero attached hydrogens (tertiary/aromatic N) is 2. The Morgan fingerprint density at radius 2 is 1.95 bits per heavy atom. The van der Waals surface area contributed by atoms with E-state index in [0.29, 0.717) is 17.8 Å². The van der Waals surface area contributed by atoms with Gasteiger partial charge in [-0.15, -0.1) is 0 Å². The second kappa shape index (κ2) is 5.33. The van der Waals surface area contributed by atoms with Gasteiger partial charge in [-0.2, -0.15) is 0 Å². The smallest absolute Gasteiger partial charge is 0.238 e. The molecule has 100 valence electrons. The lowest BCUT2D eigenvalue weighted by Crippen LogP contribution is -2.14. The van der Waals surface area contributed by atoms with Gasteiger partial charge in [-0.05, 0) is 24.6 Å². The van der Waals surface area contributed by atoms with E-state index in [4.69, 9.17) is 5.14 Å². The van der Waals surface area contributed by atoms with Crippen molar-refractivity contribution in [1.29, 1.82) is 0 Å². The number of hydrogen-bond acceptors (Lipinski definition) is 5. The standard InChI is InChI=1S/C12H14N4O2S/c1-9-2-3-11(4-12(9)19(13,17)18)16-7-10-5-14-8-15-6-10/h2-6,8,16H,7H2,1H3,(H2,13,17,18). The minimum absolute atomic E-state index is 0.127. The van der Waals surface area contributed by atoms with E-state index in [1.807, 2.05) is 0 Å². The Labute approximate surface area is 111 Å². The Hall–Kier alpha value is -1.99. The van der Waals surface area contributed by atoms with Gasteiger partial charge in [0, 0.05) is 30.2 Å². The van der Waals surface area contributed by atoms with Crippen molar-refractivity contribution in [3.05, 3.63) is 48.0 Å². The van der Waals surface area contributed by atoms with Crippen LogP contribution in [0.4, 0.5) is 5.69 Å². The molecule has 6 nitrogen and oxygen atoms in total. The summed E-state index contributed by atoms with van der Waals surface area (Å²) < 4.78 is 22.8. The van der Waals surface area contributed by atoms with Gasteiger partial charge in [0.1, 0.15) is 6.33 Å². The van der Waals surface area contributed by atoms with Crippen molar-refractivity contribution < 1.29 is 8.42 Å². The molecule has 1 aromatic carbocycles. The summed E-state index contributed by atoms with van der Waals surface area (Å²) in [4.78, 5) is 7.93. The first-order valence-electron chi connectivity index (χ1n) is 5.58. The average Bonchev–Trinajstić information content (AvgIpc) is 2.37. The average molecular weight is 278 g/mol. The molecule has 3 N–H and O–H groups in total. The van der Waals surface area contributed by atoms with Crippen molar-refractivity contribution in [3.63, 3.8) is 0 Å². The Kier molecular flexibility index (Phi) is 3.77. The Morgan fingerprint density at radius 1 is 1.26 bits per heavy atom. The molecule has 0 unspecified atom stereocenters. The zero-order valence-electron chi connectivity index (χ0n) is 10.4. The number of primary sulfonamides is 1. The summed E-state index contributed by atoms with van der Waals surface area (Å²) >= 11 is 0. The van der Waals surface area contributed by atoms with Crippen molar-refractivity contribution in [2.45, 2.75) is 18.4 Å². The van der Waals surface area contributed by atoms with Crippen LogP contribution in [0.15, 0.2) is 41.8 Å². The first-order chi connectivity index (χ1) is 8.97. The Balaban J connectivity index is 2.18. The third kappa shape index (κ3) is 3.49. The number of nitrogens with one attached hydrogen (secondary N) is 1. The fourth-order valence-corrected chi connectivity index (χ4v) is 2.45. The molecule has 0 aliphatic rings. The number of anilines is 1. The maximum Gasteiger partial charge on any atom is 0.238 e. The molecular weight excluding hydrogens is 264 g/mol. The monoisotopic (exact) mass is 278 g/mol. The highest BCUT2D eigenvalue weighted by Crippen LogP contribution is 2.19. The fraction of sp³-hybridized carbons (Fsp3) is 0.167. The normalized spacial score (nSPS) is 11.3. The lowest BCUT2D eigenvalue weighted by molar-refractivity contribution is 0.597. The Morgan fingerprint density at radius 3 is 2.58 bits per heavy atom. The van der Waals surface area contributed by atoms with Crippen LogP contribution >= 0.6 is 0 Å². The first-order valence-corrected chi connectivity index (χ1v) is 7.12. The molecule has 0 aliphatic carbocycles. The molecule has 0 saturated heterocycles. The molecule has 1 aromatic heterocycles. The first kappa shape index (κ1) is 13.4. The highest BCUT2D eigenvalue weighted by molar-refractivity contribution is 7.89. The summed E-state index contributed by atoms with van der Waals surface area (Å²) in [6.45, 7) is 2.21. The van der Waals surface area contributed by atoms with Gasteiger partial charge in [-0.25, -0.2) is 23.5 Å². The van der Waals surface area contributed by atoms with Crippen LogP contribution in [-0.2, 0) is 16.6 Å². The predicted octanol–water partition coefficient (Wildman–Crippen LogP) is 1.04. The summed E-state index contributed by atoms with van der Waals surface area (Å²) in [5.41, 5.74) is 2.20. The van der Waals surface area contributed by atoms with E-state index in [0.717, 1.165) is 5.56 Å². The second-order valence-electron chi connectivity index (χ2n) is 4.13. The molecule has 0 atom stereocenters. The van der Waals surface area contributed by atoms with Gasteiger partial charge in [0.15, 0.2) is 0 Å². The van der Waals surface area contributed by atoms with Gasteiger partial charge in [0.05, 0.1) is 4.90 Å². The van der Waals surface area contributed by atoms with Crippen LogP contribution in [0, 0.1) is 6.92 Å². The third-order valence-corrected chi connectivity index (χ3v) is 3.66. The molecule has 0 aliphatic heterocycles. The van der Waals surface area contributed by atoms with Crippen molar-refractivity contribution >= 4 is 15.7 Å². The molecular formula is C12H14N4O2S. The van der Waals surface area contributed by atoms with Crippen LogP contribution in [0.2, 0.25) is 0 Å². The van der Waals surface area contributed by atoms with Crippen molar-refractivity contribution in [3.8, 4) is 0 Å². The minimum atomic E-state index is -3.70. The van der Waals surface area contributed by atoms with E-state index in [9.17, 15) is 8.42 Å². The second-order valence-corrected chi connectivity index (χ2v) is 5.66. The van der Waals surface area contributed by atoms with E-state index in [-0.39, 0.29) is 4.90 Å². The van der Waals surface area contributed by atoms with Gasteiger partial charge < -0.3 is 5.32 Å². The van der Waals surface area contributed by atoms with Gasteiger partial charge >= 0.3 is 0 Å². The molecule has 0 amide bonds. The molecule has 0 fully saturated rings. The number of sulfonamides is 1. The maximum atomic E-state index is 11.4. The van der Waals surface area contributed by atoms with E-state index in [1.165, 1.54) is 12.4 Å². The number of nitrogens with two attached hydrogens (primary N) is 1. The highest BCUT2D eigenvalue weighted by atomic mass is 32.2. The molecule has 0 spiro atoms. The van der Waals surface area contributed by atoms with Crippen molar-refractivity contribution in [1.82, 2.24) is 9.97 Å². The van der Waals surface area contributed by atoms with Crippen LogP contribution in [0.5, 0.6) is 0 Å². The van der Waals surface area contributed by atoms with Gasteiger partial charge in [-0.3, -0.25) is 0 Å². The molecule has 2 rings (SSSR count). The zero-order chi connectivity index (χ0) is 13.9. The van der Waals surface area contributed by atoms with E-state index < -0.39 is 10.0 Å². The predicted molar refractivity (Wildman–Crippen MR) is 71.9 cm³/mol. The number of benzene rings is 1. The molecule has 0 bridgehead atoms. The van der Waals surface area contributed by atoms with E-state index in [1.54, 1.807) is 31.5 Å². The summed E-state index contributed by atoms with van der Waals surface area (Å²) in [5.74, 6) is 0. The lowest BCUT2D eigenvalue weighted by Gasteiger charge is -2.09. The van der Waals surface area contributed by atoms with Crippen molar-refractivity contribution in [2.75, 3.05) is 5.32 Å². The van der Waals surface area contributed by atoms with Gasteiger partial charge in [0.2, 0.25) is 10.0 Å². The summed E-state index contributed by atoms with van der Waals surface area (Å²) in [6.07, 6.45) is 4.83. The van der Waals surface area contributed by atoms with Crippen LogP contribution in [0.1, 0.15) is 11.1 Å². The molecule has 0 saturated carbocycles. The summed E-state index contributed by atoms with van der Waals surface area (Å²) in [6, 6.07) is 5.03. The van der Waals surface area contributed by atoms with E-state index >= 15 is 0 Å². The summed E-state index contributed by atoms with van der Waals surface area (Å²) in [7, 11) is -3.70. The number of hydrogen-bond donors (Lipinski definition) is 2. The van der Waals surface area contributed by atoms with Gasteiger partial charge in [-0.1, -0.05) is 6.07 Å². The largest absolute Gasteiger partial charge is 0.381 e. The molecule has 1 heterocycles. The fourth-order valence-electron chi connectivity index (χ4n) is 1.64. The number of aromatic nitrogens is 2. The maximum absolute atomic E-state index is 11.4.